The number of pyridine rings is 2. The monoisotopic (exact) mass is 661 g/mol. The Hall–Kier alpha value is -6.97. The fourth-order valence-corrected chi connectivity index (χ4v) is 8.36. The van der Waals surface area contributed by atoms with Crippen LogP contribution in [0.2, 0.25) is 0 Å². The molecule has 0 saturated heterocycles. The first kappa shape index (κ1) is 28.8. The number of benzene rings is 7. The van der Waals surface area contributed by atoms with Crippen molar-refractivity contribution in [3.05, 3.63) is 188 Å². The standard InChI is InChI=1S/C49H31N3/c1-3-14-32(15-4-1)36-29-41(33-16-5-2-6-17-33)50-42(30-36)34-19-13-20-37(28-34)51-44-24-11-9-22-39(44)49-46(51)27-26-40-47-31-35-18-7-10-23-43(35)52(47)45-25-12-8-21-38(45)48(40)49/h1-31H. The molecule has 0 radical (unpaired) electrons. The zero-order valence-electron chi connectivity index (χ0n) is 28.2. The Morgan fingerprint density at radius 1 is 0.327 bits per heavy atom. The Bertz CT molecular complexity index is 3110. The van der Waals surface area contributed by atoms with E-state index in [2.05, 4.69) is 197 Å². The summed E-state index contributed by atoms with van der Waals surface area (Å²) >= 11 is 0. The fourth-order valence-electron chi connectivity index (χ4n) is 8.36. The molecule has 0 aliphatic heterocycles. The molecule has 242 valence electrons. The molecule has 3 heteroatoms. The first-order valence-corrected chi connectivity index (χ1v) is 17.8. The summed E-state index contributed by atoms with van der Waals surface area (Å²) in [5, 5.41) is 7.57. The van der Waals surface area contributed by atoms with Crippen LogP contribution in [0.1, 0.15) is 0 Å². The van der Waals surface area contributed by atoms with E-state index in [0.717, 1.165) is 33.8 Å². The van der Waals surface area contributed by atoms with Crippen molar-refractivity contribution < 1.29 is 0 Å². The normalized spacial score (nSPS) is 11.8. The topological polar surface area (TPSA) is 22.2 Å². The van der Waals surface area contributed by atoms with Crippen LogP contribution in [0.4, 0.5) is 0 Å². The molecule has 0 unspecified atom stereocenters. The van der Waals surface area contributed by atoms with E-state index < -0.39 is 0 Å². The number of para-hydroxylation sites is 3. The molecule has 7 aromatic carbocycles. The second kappa shape index (κ2) is 11.3. The second-order valence-electron chi connectivity index (χ2n) is 13.6. The molecular formula is C49H31N3. The molecule has 4 heterocycles. The van der Waals surface area contributed by atoms with Gasteiger partial charge in [-0.15, -0.1) is 0 Å². The van der Waals surface area contributed by atoms with Crippen molar-refractivity contribution in [1.29, 1.82) is 0 Å². The molecule has 52 heavy (non-hydrogen) atoms. The Morgan fingerprint density at radius 3 is 1.71 bits per heavy atom. The molecule has 0 atom stereocenters. The number of rotatable bonds is 4. The van der Waals surface area contributed by atoms with E-state index in [1.54, 1.807) is 0 Å². The third-order valence-electron chi connectivity index (χ3n) is 10.6. The third kappa shape index (κ3) is 4.30. The summed E-state index contributed by atoms with van der Waals surface area (Å²) in [6.45, 7) is 0. The van der Waals surface area contributed by atoms with Crippen molar-refractivity contribution in [2.24, 2.45) is 0 Å². The summed E-state index contributed by atoms with van der Waals surface area (Å²) in [5.74, 6) is 0. The summed E-state index contributed by atoms with van der Waals surface area (Å²) in [4.78, 5) is 5.26. The molecule has 3 nitrogen and oxygen atoms in total. The van der Waals surface area contributed by atoms with Gasteiger partial charge in [-0.2, -0.15) is 0 Å². The first-order chi connectivity index (χ1) is 25.8. The fraction of sp³-hybridized carbons (Fsp3) is 0. The summed E-state index contributed by atoms with van der Waals surface area (Å²) in [7, 11) is 0. The lowest BCUT2D eigenvalue weighted by atomic mass is 9.99. The molecule has 0 bridgehead atoms. The minimum Gasteiger partial charge on any atom is -0.309 e. The maximum absolute atomic E-state index is 5.26. The first-order valence-electron chi connectivity index (χ1n) is 17.8. The number of nitrogens with zero attached hydrogens (tertiary/aromatic N) is 3. The van der Waals surface area contributed by atoms with Gasteiger partial charge in [0.2, 0.25) is 0 Å². The SMILES string of the molecule is c1ccc(-c2cc(-c3ccccc3)nc(-c3cccc(-n4c5ccccc5c5c6c7ccccc7n7c8ccccc8cc7c6ccc54)c3)c2)cc1. The van der Waals surface area contributed by atoms with Gasteiger partial charge in [0.25, 0.3) is 0 Å². The van der Waals surface area contributed by atoms with E-state index in [1.165, 1.54) is 65.5 Å². The van der Waals surface area contributed by atoms with Crippen molar-refractivity contribution in [3.63, 3.8) is 0 Å². The highest BCUT2D eigenvalue weighted by Gasteiger charge is 2.20. The Balaban J connectivity index is 1.18. The Morgan fingerprint density at radius 2 is 0.923 bits per heavy atom. The van der Waals surface area contributed by atoms with Gasteiger partial charge >= 0.3 is 0 Å². The van der Waals surface area contributed by atoms with Gasteiger partial charge in [-0.05, 0) is 65.7 Å². The van der Waals surface area contributed by atoms with Gasteiger partial charge in [0, 0.05) is 49.1 Å². The Labute approximate surface area is 300 Å². The molecule has 0 fully saturated rings. The van der Waals surface area contributed by atoms with Crippen LogP contribution in [0.5, 0.6) is 0 Å². The maximum Gasteiger partial charge on any atom is 0.0716 e. The second-order valence-corrected chi connectivity index (χ2v) is 13.6. The number of hydrogen-bond donors (Lipinski definition) is 0. The minimum absolute atomic E-state index is 0.946. The molecule has 0 N–H and O–H groups in total. The van der Waals surface area contributed by atoms with Gasteiger partial charge in [-0.25, -0.2) is 4.98 Å². The van der Waals surface area contributed by atoms with Crippen molar-refractivity contribution in [1.82, 2.24) is 14.0 Å². The largest absolute Gasteiger partial charge is 0.309 e. The van der Waals surface area contributed by atoms with Crippen LogP contribution in [-0.4, -0.2) is 14.0 Å². The zero-order valence-corrected chi connectivity index (χ0v) is 28.2. The zero-order chi connectivity index (χ0) is 34.2. The summed E-state index contributed by atoms with van der Waals surface area (Å²) < 4.78 is 4.86. The van der Waals surface area contributed by atoms with Gasteiger partial charge in [0.1, 0.15) is 0 Å². The lowest BCUT2D eigenvalue weighted by molar-refractivity contribution is 1.18. The molecule has 0 aliphatic rings. The molecule has 0 amide bonds. The van der Waals surface area contributed by atoms with E-state index in [1.807, 2.05) is 0 Å². The predicted octanol–water partition coefficient (Wildman–Crippen LogP) is 12.9. The minimum atomic E-state index is 0.946. The highest BCUT2D eigenvalue weighted by Crippen LogP contribution is 2.43. The Kier molecular flexibility index (Phi) is 6.25. The van der Waals surface area contributed by atoms with Crippen LogP contribution in [0, 0.1) is 0 Å². The number of fused-ring (bicyclic) bond motifs is 12. The smallest absolute Gasteiger partial charge is 0.0716 e. The van der Waals surface area contributed by atoms with Gasteiger partial charge in [-0.3, -0.25) is 0 Å². The van der Waals surface area contributed by atoms with Crippen molar-refractivity contribution >= 4 is 59.9 Å². The molecule has 0 aliphatic carbocycles. The molecule has 4 aromatic heterocycles. The van der Waals surface area contributed by atoms with E-state index >= 15 is 0 Å². The lowest BCUT2D eigenvalue weighted by Crippen LogP contribution is -1.96. The number of hydrogen-bond acceptors (Lipinski definition) is 1. The predicted molar refractivity (Wildman–Crippen MR) is 218 cm³/mol. The average molecular weight is 662 g/mol. The van der Waals surface area contributed by atoms with Crippen LogP contribution < -0.4 is 0 Å². The van der Waals surface area contributed by atoms with E-state index in [9.17, 15) is 0 Å². The van der Waals surface area contributed by atoms with Crippen LogP contribution >= 0.6 is 0 Å². The van der Waals surface area contributed by atoms with Gasteiger partial charge < -0.3 is 8.97 Å². The summed E-state index contributed by atoms with van der Waals surface area (Å²) in [6.07, 6.45) is 0. The molecule has 0 saturated carbocycles. The molecule has 11 aromatic rings. The molecular weight excluding hydrogens is 631 g/mol. The van der Waals surface area contributed by atoms with Crippen LogP contribution in [-0.2, 0) is 0 Å². The summed E-state index contributed by atoms with van der Waals surface area (Å²) in [6, 6.07) is 67.7. The van der Waals surface area contributed by atoms with Crippen molar-refractivity contribution in [2.75, 3.05) is 0 Å². The highest BCUT2D eigenvalue weighted by atomic mass is 15.0. The maximum atomic E-state index is 5.26. The lowest BCUT2D eigenvalue weighted by Gasteiger charge is -2.14. The van der Waals surface area contributed by atoms with Gasteiger partial charge in [0.15, 0.2) is 0 Å². The third-order valence-corrected chi connectivity index (χ3v) is 10.6. The molecule has 0 spiro atoms. The van der Waals surface area contributed by atoms with Crippen molar-refractivity contribution in [2.45, 2.75) is 0 Å². The average Bonchev–Trinajstić information content (AvgIpc) is 3.78. The van der Waals surface area contributed by atoms with Crippen LogP contribution in [0.25, 0.3) is 99.2 Å². The van der Waals surface area contributed by atoms with Crippen molar-refractivity contribution in [3.8, 4) is 39.3 Å². The number of aromatic nitrogens is 3. The van der Waals surface area contributed by atoms with E-state index in [0.29, 0.717) is 0 Å². The van der Waals surface area contributed by atoms with Crippen LogP contribution in [0.3, 0.4) is 0 Å². The van der Waals surface area contributed by atoms with E-state index in [-0.39, 0.29) is 0 Å². The molecule has 11 rings (SSSR count). The van der Waals surface area contributed by atoms with Gasteiger partial charge in [-0.1, -0.05) is 133 Å². The van der Waals surface area contributed by atoms with E-state index in [4.69, 9.17) is 4.98 Å². The summed E-state index contributed by atoms with van der Waals surface area (Å²) in [5.41, 5.74) is 13.6. The van der Waals surface area contributed by atoms with Crippen LogP contribution in [0.15, 0.2) is 188 Å². The van der Waals surface area contributed by atoms with Gasteiger partial charge in [0.05, 0.1) is 39.0 Å². The highest BCUT2D eigenvalue weighted by molar-refractivity contribution is 6.31. The quantitative estimate of drug-likeness (QED) is 0.172.